The number of carboxylic acids is 1. The van der Waals surface area contributed by atoms with Crippen molar-refractivity contribution in [3.8, 4) is 0 Å². The van der Waals surface area contributed by atoms with Crippen LogP contribution in [0.3, 0.4) is 0 Å². The Balaban J connectivity index is 1.52. The number of carbonyl (C=O) groups is 1. The van der Waals surface area contributed by atoms with Crippen molar-refractivity contribution >= 4 is 42.6 Å². The molecule has 0 spiro atoms. The van der Waals surface area contributed by atoms with E-state index < -0.39 is 25.8 Å². The van der Waals surface area contributed by atoms with Gasteiger partial charge in [0.25, 0.3) is 0 Å². The average molecular weight is 645 g/mol. The van der Waals surface area contributed by atoms with Crippen molar-refractivity contribution < 1.29 is 14.6 Å². The molecule has 0 radical (unpaired) electrons. The monoisotopic (exact) mass is 644 g/mol. The topological polar surface area (TPSA) is 98.6 Å². The van der Waals surface area contributed by atoms with Gasteiger partial charge in [-0.25, -0.2) is 0 Å². The van der Waals surface area contributed by atoms with Crippen LogP contribution in [0.15, 0.2) is 36.4 Å². The fourth-order valence-electron chi connectivity index (χ4n) is 6.99. The van der Waals surface area contributed by atoms with Gasteiger partial charge in [-0.2, -0.15) is 0 Å². The molecular formula is C33H45IN2O3. The molecule has 2 unspecified atom stereocenters. The fraction of sp³-hybridized carbons (Fsp3) is 0.545. The molecule has 2 aliphatic carbocycles. The molecule has 212 valence electrons. The van der Waals surface area contributed by atoms with Crippen LogP contribution in [0.1, 0.15) is 96.8 Å². The van der Waals surface area contributed by atoms with Crippen LogP contribution < -0.4 is 11.5 Å². The van der Waals surface area contributed by atoms with Crippen molar-refractivity contribution in [1.82, 2.24) is 0 Å². The molecule has 1 saturated carbocycles. The molecule has 6 heteroatoms. The normalized spacial score (nSPS) is 22.8. The fourth-order valence-corrected chi connectivity index (χ4v) is 12.7. The third kappa shape index (κ3) is 6.38. The van der Waals surface area contributed by atoms with Crippen LogP contribution in [0.5, 0.6) is 0 Å². The number of aryl methyl sites for hydroxylation is 1. The summed E-state index contributed by atoms with van der Waals surface area (Å²) in [6.07, 6.45) is 10.9. The zero-order valence-electron chi connectivity index (χ0n) is 23.4. The van der Waals surface area contributed by atoms with Crippen molar-refractivity contribution in [2.75, 3.05) is 32.2 Å². The number of ether oxygens (including phenoxy) is 1. The maximum absolute atomic E-state index is 11.9. The Morgan fingerprint density at radius 1 is 1.08 bits per heavy atom. The first-order valence-electron chi connectivity index (χ1n) is 14.9. The van der Waals surface area contributed by atoms with Crippen molar-refractivity contribution in [2.24, 2.45) is 11.7 Å². The van der Waals surface area contributed by atoms with Gasteiger partial charge in [-0.3, -0.25) is 0 Å². The molecule has 0 bridgehead atoms. The number of allylic oxidation sites excluding steroid dienone is 2. The minimum absolute atomic E-state index is 0.236. The molecular weight excluding hydrogens is 599 g/mol. The second-order valence-corrected chi connectivity index (χ2v) is 17.7. The van der Waals surface area contributed by atoms with Gasteiger partial charge in [0.2, 0.25) is 0 Å². The zero-order chi connectivity index (χ0) is 27.4. The van der Waals surface area contributed by atoms with Gasteiger partial charge in [0.15, 0.2) is 0 Å². The Kier molecular flexibility index (Phi) is 9.67. The molecule has 1 saturated heterocycles. The summed E-state index contributed by atoms with van der Waals surface area (Å²) in [6.45, 7) is 3.78. The number of benzene rings is 2. The summed E-state index contributed by atoms with van der Waals surface area (Å²) in [6, 6.07) is 12.4. The van der Waals surface area contributed by atoms with Crippen molar-refractivity contribution in [3.05, 3.63) is 64.2 Å². The van der Waals surface area contributed by atoms with E-state index in [-0.39, 0.29) is 12.0 Å². The molecule has 0 amide bonds. The van der Waals surface area contributed by atoms with Crippen molar-refractivity contribution in [3.63, 3.8) is 0 Å². The molecule has 5 N–H and O–H groups in total. The van der Waals surface area contributed by atoms with Crippen molar-refractivity contribution in [2.45, 2.75) is 76.7 Å². The molecule has 1 heterocycles. The summed E-state index contributed by atoms with van der Waals surface area (Å²) in [5.41, 5.74) is 21.7. The van der Waals surface area contributed by atoms with E-state index in [9.17, 15) is 9.90 Å². The number of halogens is 1. The Labute approximate surface area is 241 Å². The molecule has 0 aromatic heterocycles. The summed E-state index contributed by atoms with van der Waals surface area (Å²) in [7, 11) is 0. The molecule has 3 aliphatic rings. The number of nitrogen functional groups attached to an aromatic ring is 1. The Morgan fingerprint density at radius 2 is 1.87 bits per heavy atom. The number of anilines is 1. The molecule has 2 atom stereocenters. The third-order valence-electron chi connectivity index (χ3n) is 8.81. The van der Waals surface area contributed by atoms with E-state index in [2.05, 4.69) is 31.2 Å². The van der Waals surface area contributed by atoms with Crippen LogP contribution in [-0.4, -0.2) is 43.6 Å². The number of carboxylic acid groups (broad SMARTS) is 1. The van der Waals surface area contributed by atoms with E-state index in [1.165, 1.54) is 85.2 Å². The second kappa shape index (κ2) is 13.2. The summed E-state index contributed by atoms with van der Waals surface area (Å²) in [5.74, 6) is -0.0669. The number of hydrogen-bond acceptors (Lipinski definition) is 4. The average Bonchev–Trinajstić information content (AvgIpc) is 3.27. The second-order valence-electron chi connectivity index (χ2n) is 11.5. The maximum atomic E-state index is 11.9. The first-order valence-corrected chi connectivity index (χ1v) is 19.5. The summed E-state index contributed by atoms with van der Waals surface area (Å²) >= 11 is -1.02. The number of nitrogens with two attached hydrogens (primary N) is 2. The Morgan fingerprint density at radius 3 is 2.62 bits per heavy atom. The van der Waals surface area contributed by atoms with Crippen LogP contribution in [-0.2, 0) is 11.2 Å². The molecule has 1 aliphatic heterocycles. The van der Waals surface area contributed by atoms with E-state index in [0.29, 0.717) is 18.0 Å². The predicted molar refractivity (Wildman–Crippen MR) is 171 cm³/mol. The molecule has 5 nitrogen and oxygen atoms in total. The van der Waals surface area contributed by atoms with E-state index >= 15 is 0 Å². The predicted octanol–water partition coefficient (Wildman–Crippen LogP) is 7.15. The number of aromatic carboxylic acids is 1. The Bertz CT molecular complexity index is 1200. The van der Waals surface area contributed by atoms with Crippen LogP contribution in [0.4, 0.5) is 5.69 Å². The van der Waals surface area contributed by atoms with Crippen LogP contribution in [0.2, 0.25) is 0 Å². The van der Waals surface area contributed by atoms with Gasteiger partial charge in [0, 0.05) is 0 Å². The quantitative estimate of drug-likeness (QED) is 0.145. The van der Waals surface area contributed by atoms with E-state index in [1.807, 2.05) is 12.1 Å². The summed E-state index contributed by atoms with van der Waals surface area (Å²) in [5, 5.41) is 9.80. The van der Waals surface area contributed by atoms with Crippen LogP contribution in [0.25, 0.3) is 11.1 Å². The van der Waals surface area contributed by atoms with Gasteiger partial charge >= 0.3 is 242 Å². The first-order chi connectivity index (χ1) is 19.0. The van der Waals surface area contributed by atoms with Gasteiger partial charge in [-0.1, -0.05) is 0 Å². The molecule has 2 fully saturated rings. The van der Waals surface area contributed by atoms with Crippen LogP contribution in [0, 0.1) is 5.92 Å². The van der Waals surface area contributed by atoms with Crippen molar-refractivity contribution in [1.29, 1.82) is 0 Å². The van der Waals surface area contributed by atoms with Gasteiger partial charge in [-0.05, 0) is 0 Å². The minimum atomic E-state index is -1.02. The Hall–Kier alpha value is -1.90. The van der Waals surface area contributed by atoms with Crippen LogP contribution >= 0.6 is 19.8 Å². The summed E-state index contributed by atoms with van der Waals surface area (Å²) in [4.78, 5) is 11.9. The van der Waals surface area contributed by atoms with E-state index in [4.69, 9.17) is 16.2 Å². The van der Waals surface area contributed by atoms with Gasteiger partial charge in [-0.15, -0.1) is 0 Å². The first kappa shape index (κ1) is 28.6. The third-order valence-corrected chi connectivity index (χ3v) is 15.3. The zero-order valence-corrected chi connectivity index (χ0v) is 25.5. The van der Waals surface area contributed by atoms with E-state index in [1.54, 1.807) is 0 Å². The molecule has 2 aromatic rings. The molecule has 2 aromatic carbocycles. The van der Waals surface area contributed by atoms with Gasteiger partial charge < -0.3 is 0 Å². The SMILES string of the molecule is CCCC1C(c2ccc(N)cc2CCCI2CCOC(CN)C2)=C(C2CCCCC2)c2ccc(C(=O)O)cc21. The standard InChI is InChI=1S/C33H45IN2O3/c1-2-7-28-30-19-24(33(37)38)11-13-29(30)31(22-8-4-3-5-9-22)32(28)27-14-12-25(36)18-23(27)10-6-15-34-16-17-39-26(20-34)21-35/h11-14,18-19,22,26,28H,2-10,15-17,20-21,35-36H2,1H3,(H,37,38). The van der Waals surface area contributed by atoms with E-state index in [0.717, 1.165) is 31.6 Å². The molecule has 39 heavy (non-hydrogen) atoms. The number of alkyl halides is 3. The molecule has 5 rings (SSSR count). The number of rotatable bonds is 10. The summed E-state index contributed by atoms with van der Waals surface area (Å²) < 4.78 is 9.68. The van der Waals surface area contributed by atoms with Gasteiger partial charge in [0.1, 0.15) is 0 Å². The van der Waals surface area contributed by atoms with Gasteiger partial charge in [0.05, 0.1) is 0 Å². The number of fused-ring (bicyclic) bond motifs is 1. The number of hydrogen-bond donors (Lipinski definition) is 3.